The van der Waals surface area contributed by atoms with Crippen LogP contribution >= 0.6 is 11.6 Å². The first-order chi connectivity index (χ1) is 9.63. The normalized spacial score (nSPS) is 14.9. The fourth-order valence-corrected chi connectivity index (χ4v) is 2.85. The molecule has 1 aromatic carbocycles. The maximum atomic E-state index is 9.51. The summed E-state index contributed by atoms with van der Waals surface area (Å²) in [5.74, 6) is 1.82. The second-order valence-electron chi connectivity index (χ2n) is 5.18. The van der Waals surface area contributed by atoms with Gasteiger partial charge < -0.3 is 14.4 Å². The van der Waals surface area contributed by atoms with Crippen molar-refractivity contribution in [3.8, 4) is 5.75 Å². The van der Waals surface area contributed by atoms with Crippen LogP contribution in [0, 0.1) is 0 Å². The minimum Gasteiger partial charge on any atom is -0.493 e. The molecule has 3 rings (SSSR count). The lowest BCUT2D eigenvalue weighted by Gasteiger charge is -2.12. The zero-order valence-electron chi connectivity index (χ0n) is 11.3. The number of aliphatic hydroxyl groups excluding tert-OH is 1. The number of halogens is 1. The van der Waals surface area contributed by atoms with E-state index in [0.29, 0.717) is 19.6 Å². The fourth-order valence-electron chi connectivity index (χ4n) is 2.59. The van der Waals surface area contributed by atoms with Gasteiger partial charge in [0, 0.05) is 35.8 Å². The molecule has 1 atom stereocenters. The van der Waals surface area contributed by atoms with E-state index in [9.17, 15) is 5.11 Å². The third-order valence-corrected chi connectivity index (χ3v) is 3.66. The topological polar surface area (TPSA) is 47.3 Å². The molecule has 1 aliphatic heterocycles. The summed E-state index contributed by atoms with van der Waals surface area (Å²) in [4.78, 5) is 4.30. The molecule has 106 valence electrons. The minimum absolute atomic E-state index is 0.405. The van der Waals surface area contributed by atoms with E-state index < -0.39 is 6.10 Å². The summed E-state index contributed by atoms with van der Waals surface area (Å²) in [6, 6.07) is 3.91. The number of ether oxygens (including phenoxy) is 1. The summed E-state index contributed by atoms with van der Waals surface area (Å²) >= 11 is 6.17. The highest BCUT2D eigenvalue weighted by molar-refractivity contribution is 6.30. The molecule has 0 saturated carbocycles. The van der Waals surface area contributed by atoms with E-state index in [1.807, 2.05) is 22.9 Å². The molecule has 0 bridgehead atoms. The summed E-state index contributed by atoms with van der Waals surface area (Å²) in [6.45, 7) is 3.14. The Hall–Kier alpha value is -1.52. The summed E-state index contributed by atoms with van der Waals surface area (Å²) in [7, 11) is 0. The van der Waals surface area contributed by atoms with Gasteiger partial charge >= 0.3 is 0 Å². The van der Waals surface area contributed by atoms with Gasteiger partial charge in [0.25, 0.3) is 0 Å². The summed E-state index contributed by atoms with van der Waals surface area (Å²) in [6.07, 6.45) is 4.71. The second-order valence-corrected chi connectivity index (χ2v) is 5.61. The van der Waals surface area contributed by atoms with E-state index in [1.165, 1.54) is 5.56 Å². The van der Waals surface area contributed by atoms with Gasteiger partial charge in [-0.3, -0.25) is 0 Å². The van der Waals surface area contributed by atoms with Crippen LogP contribution in [0.25, 0.3) is 0 Å². The average molecular weight is 293 g/mol. The Morgan fingerprint density at radius 2 is 2.35 bits per heavy atom. The lowest BCUT2D eigenvalue weighted by Crippen LogP contribution is -2.12. The maximum Gasteiger partial charge on any atom is 0.127 e. The third kappa shape index (κ3) is 2.67. The van der Waals surface area contributed by atoms with Gasteiger partial charge in [-0.15, -0.1) is 0 Å². The van der Waals surface area contributed by atoms with Crippen LogP contribution in [-0.2, 0) is 19.4 Å². The summed E-state index contributed by atoms with van der Waals surface area (Å²) in [5.41, 5.74) is 2.24. The van der Waals surface area contributed by atoms with Crippen LogP contribution in [0.4, 0.5) is 0 Å². The molecule has 0 radical (unpaired) electrons. The molecule has 5 heteroatoms. The smallest absolute Gasteiger partial charge is 0.127 e. The number of benzene rings is 1. The van der Waals surface area contributed by atoms with Gasteiger partial charge in [0.05, 0.1) is 19.3 Å². The first-order valence-corrected chi connectivity index (χ1v) is 7.13. The standard InChI is InChI=1S/C15H17ClN2O2/c1-10(19)6-14-17-3-4-18(14)9-12-8-13(16)7-11-2-5-20-15(11)12/h3-4,7-8,10,19H,2,5-6,9H2,1H3. The molecule has 1 unspecified atom stereocenters. The van der Waals surface area contributed by atoms with Crippen molar-refractivity contribution in [2.45, 2.75) is 32.4 Å². The van der Waals surface area contributed by atoms with E-state index in [0.717, 1.165) is 28.6 Å². The zero-order chi connectivity index (χ0) is 14.1. The van der Waals surface area contributed by atoms with Gasteiger partial charge in [-0.2, -0.15) is 0 Å². The first kappa shape index (κ1) is 13.5. The Bertz CT molecular complexity index is 622. The SMILES string of the molecule is CC(O)Cc1nccn1Cc1cc(Cl)cc2c1OCC2. The number of rotatable bonds is 4. The van der Waals surface area contributed by atoms with Crippen molar-refractivity contribution < 1.29 is 9.84 Å². The van der Waals surface area contributed by atoms with Crippen molar-refractivity contribution in [1.29, 1.82) is 0 Å². The van der Waals surface area contributed by atoms with Crippen molar-refractivity contribution >= 4 is 11.6 Å². The number of aromatic nitrogens is 2. The van der Waals surface area contributed by atoms with Gasteiger partial charge in [0.15, 0.2) is 0 Å². The van der Waals surface area contributed by atoms with Crippen LogP contribution in [0.1, 0.15) is 23.9 Å². The predicted molar refractivity (Wildman–Crippen MR) is 77.4 cm³/mol. The Kier molecular flexibility index (Phi) is 3.68. The van der Waals surface area contributed by atoms with Gasteiger partial charge in [-0.25, -0.2) is 4.98 Å². The molecule has 1 N–H and O–H groups in total. The van der Waals surface area contributed by atoms with Crippen LogP contribution in [0.5, 0.6) is 5.75 Å². The molecule has 2 heterocycles. The fraction of sp³-hybridized carbons (Fsp3) is 0.400. The highest BCUT2D eigenvalue weighted by atomic mass is 35.5. The molecular weight excluding hydrogens is 276 g/mol. The number of hydrogen-bond donors (Lipinski definition) is 1. The average Bonchev–Trinajstić information content (AvgIpc) is 2.98. The third-order valence-electron chi connectivity index (χ3n) is 3.45. The van der Waals surface area contributed by atoms with Gasteiger partial charge in [0.1, 0.15) is 11.6 Å². The van der Waals surface area contributed by atoms with Gasteiger partial charge in [-0.1, -0.05) is 11.6 Å². The van der Waals surface area contributed by atoms with Gasteiger partial charge in [0.2, 0.25) is 0 Å². The maximum absolute atomic E-state index is 9.51. The Morgan fingerprint density at radius 3 is 3.15 bits per heavy atom. The first-order valence-electron chi connectivity index (χ1n) is 6.75. The van der Waals surface area contributed by atoms with Crippen LogP contribution in [0.15, 0.2) is 24.5 Å². The molecule has 0 saturated heterocycles. The van der Waals surface area contributed by atoms with Crippen LogP contribution < -0.4 is 4.74 Å². The van der Waals surface area contributed by atoms with Crippen LogP contribution in [0.3, 0.4) is 0 Å². The van der Waals surface area contributed by atoms with Crippen molar-refractivity contribution in [2.24, 2.45) is 0 Å². The molecule has 0 spiro atoms. The number of fused-ring (bicyclic) bond motifs is 1. The van der Waals surface area contributed by atoms with Crippen molar-refractivity contribution in [3.05, 3.63) is 46.5 Å². The molecule has 1 aromatic heterocycles. The molecular formula is C15H17ClN2O2. The summed E-state index contributed by atoms with van der Waals surface area (Å²) < 4.78 is 7.74. The highest BCUT2D eigenvalue weighted by Crippen LogP contribution is 2.33. The molecule has 20 heavy (non-hydrogen) atoms. The Morgan fingerprint density at radius 1 is 1.50 bits per heavy atom. The number of hydrogen-bond acceptors (Lipinski definition) is 3. The van der Waals surface area contributed by atoms with Crippen molar-refractivity contribution in [2.75, 3.05) is 6.61 Å². The number of aliphatic hydroxyl groups is 1. The van der Waals surface area contributed by atoms with E-state index in [2.05, 4.69) is 4.98 Å². The van der Waals surface area contributed by atoms with E-state index in [4.69, 9.17) is 16.3 Å². The molecule has 0 amide bonds. The van der Waals surface area contributed by atoms with E-state index >= 15 is 0 Å². The minimum atomic E-state index is -0.405. The zero-order valence-corrected chi connectivity index (χ0v) is 12.1. The monoisotopic (exact) mass is 292 g/mol. The van der Waals surface area contributed by atoms with Gasteiger partial charge in [-0.05, 0) is 24.6 Å². The van der Waals surface area contributed by atoms with Crippen molar-refractivity contribution in [3.63, 3.8) is 0 Å². The molecule has 0 fully saturated rings. The molecule has 4 nitrogen and oxygen atoms in total. The van der Waals surface area contributed by atoms with E-state index in [1.54, 1.807) is 13.1 Å². The van der Waals surface area contributed by atoms with E-state index in [-0.39, 0.29) is 0 Å². The molecule has 1 aliphatic rings. The number of nitrogens with zero attached hydrogens (tertiary/aromatic N) is 2. The van der Waals surface area contributed by atoms with Crippen LogP contribution in [0.2, 0.25) is 5.02 Å². The lowest BCUT2D eigenvalue weighted by molar-refractivity contribution is 0.191. The second kappa shape index (κ2) is 5.46. The van der Waals surface area contributed by atoms with Crippen molar-refractivity contribution in [1.82, 2.24) is 9.55 Å². The molecule has 2 aromatic rings. The summed E-state index contributed by atoms with van der Waals surface area (Å²) in [5, 5.41) is 10.3. The lowest BCUT2D eigenvalue weighted by atomic mass is 10.1. The predicted octanol–water partition coefficient (Wildman–Crippen LogP) is 2.44. The van der Waals surface area contributed by atoms with Crippen LogP contribution in [-0.4, -0.2) is 27.4 Å². The largest absolute Gasteiger partial charge is 0.493 e. The Balaban J connectivity index is 1.90. The Labute approximate surface area is 123 Å². The quantitative estimate of drug-likeness (QED) is 0.941. The number of imidazole rings is 1. The molecule has 0 aliphatic carbocycles. The highest BCUT2D eigenvalue weighted by Gasteiger charge is 2.18.